The average Bonchev–Trinajstić information content (AvgIpc) is 3.33. The van der Waals surface area contributed by atoms with Crippen LogP contribution in [0, 0.1) is 0 Å². The van der Waals surface area contributed by atoms with Gasteiger partial charge in [0.05, 0.1) is 0 Å². The predicted molar refractivity (Wildman–Crippen MR) is 166 cm³/mol. The lowest BCUT2D eigenvalue weighted by Crippen LogP contribution is -2.34. The van der Waals surface area contributed by atoms with Gasteiger partial charge in [0.15, 0.2) is 0 Å². The molecule has 0 bridgehead atoms. The third kappa shape index (κ3) is 3.46. The van der Waals surface area contributed by atoms with E-state index in [0.29, 0.717) is 5.46 Å². The SMILES string of the molecule is CC1(C)c2ccccc2-c2cc(N(c3ccc4c(c3)-c3ccccc3C4(C)C)c3ccccc3B(O)O)ccc21. The van der Waals surface area contributed by atoms with Crippen LogP contribution in [0.4, 0.5) is 17.1 Å². The monoisotopic (exact) mass is 521 g/mol. The van der Waals surface area contributed by atoms with E-state index < -0.39 is 7.12 Å². The van der Waals surface area contributed by atoms with Crippen LogP contribution in [0.25, 0.3) is 22.3 Å². The molecule has 5 aromatic carbocycles. The Bertz CT molecular complexity index is 1700. The fourth-order valence-electron chi connectivity index (χ4n) is 7.03. The first-order chi connectivity index (χ1) is 19.2. The highest BCUT2D eigenvalue weighted by atomic mass is 16.4. The van der Waals surface area contributed by atoms with Crippen LogP contribution >= 0.6 is 0 Å². The Labute approximate surface area is 236 Å². The number of para-hydroxylation sites is 1. The number of nitrogens with zero attached hydrogens (tertiary/aromatic N) is 1. The highest BCUT2D eigenvalue weighted by Crippen LogP contribution is 2.52. The van der Waals surface area contributed by atoms with Crippen molar-refractivity contribution in [3.05, 3.63) is 131 Å². The molecule has 2 aliphatic carbocycles. The molecule has 2 N–H and O–H groups in total. The molecular weight excluding hydrogens is 489 g/mol. The van der Waals surface area contributed by atoms with Gasteiger partial charge in [-0.1, -0.05) is 107 Å². The van der Waals surface area contributed by atoms with Crippen molar-refractivity contribution >= 4 is 29.6 Å². The number of hydrogen-bond acceptors (Lipinski definition) is 3. The van der Waals surface area contributed by atoms with Crippen molar-refractivity contribution in [2.24, 2.45) is 0 Å². The van der Waals surface area contributed by atoms with Crippen molar-refractivity contribution < 1.29 is 10.0 Å². The molecule has 0 atom stereocenters. The summed E-state index contributed by atoms with van der Waals surface area (Å²) in [7, 11) is -1.60. The maximum absolute atomic E-state index is 10.4. The molecule has 0 heterocycles. The van der Waals surface area contributed by atoms with E-state index in [9.17, 15) is 10.0 Å². The van der Waals surface area contributed by atoms with Gasteiger partial charge in [0.2, 0.25) is 0 Å². The van der Waals surface area contributed by atoms with E-state index in [-0.39, 0.29) is 10.8 Å². The highest BCUT2D eigenvalue weighted by molar-refractivity contribution is 6.60. The van der Waals surface area contributed by atoms with Crippen LogP contribution < -0.4 is 10.4 Å². The van der Waals surface area contributed by atoms with Gasteiger partial charge in [-0.05, 0) is 74.8 Å². The first-order valence-corrected chi connectivity index (χ1v) is 13.9. The third-order valence-electron chi connectivity index (χ3n) is 9.11. The minimum absolute atomic E-state index is 0.0860. The summed E-state index contributed by atoms with van der Waals surface area (Å²) in [5.41, 5.74) is 13.2. The standard InChI is InChI=1S/C36H32BNO2/c1-35(2)29-13-7-5-11-25(29)27-21-23(17-19-31(27)35)38(34-16-10-9-15-33(34)37(39)40)24-18-20-32-28(22-24)26-12-6-8-14-30(26)36(32,3)4/h5-22,39-40H,1-4H3. The Hall–Kier alpha value is -4.12. The number of fused-ring (bicyclic) bond motifs is 6. The zero-order chi connectivity index (χ0) is 27.8. The van der Waals surface area contributed by atoms with Gasteiger partial charge in [0, 0.05) is 33.4 Å². The first-order valence-electron chi connectivity index (χ1n) is 13.9. The van der Waals surface area contributed by atoms with Gasteiger partial charge in [-0.2, -0.15) is 0 Å². The van der Waals surface area contributed by atoms with E-state index in [2.05, 4.69) is 118 Å². The summed E-state index contributed by atoms with van der Waals surface area (Å²) in [6.45, 7) is 9.14. The van der Waals surface area contributed by atoms with Gasteiger partial charge in [-0.15, -0.1) is 0 Å². The predicted octanol–water partition coefficient (Wildman–Crippen LogP) is 7.45. The second-order valence-corrected chi connectivity index (χ2v) is 12.1. The molecule has 0 radical (unpaired) electrons. The van der Waals surface area contributed by atoms with Crippen molar-refractivity contribution in [2.45, 2.75) is 38.5 Å². The van der Waals surface area contributed by atoms with Crippen LogP contribution in [0.2, 0.25) is 0 Å². The summed E-state index contributed by atoms with van der Waals surface area (Å²) in [6.07, 6.45) is 0. The van der Waals surface area contributed by atoms with Gasteiger partial charge in [0.25, 0.3) is 0 Å². The second kappa shape index (κ2) is 8.69. The smallest absolute Gasteiger partial charge is 0.423 e. The molecule has 2 aliphatic rings. The summed E-state index contributed by atoms with van der Waals surface area (Å²) < 4.78 is 0. The van der Waals surface area contributed by atoms with Crippen LogP contribution in [-0.4, -0.2) is 17.2 Å². The first kappa shape index (κ1) is 24.9. The quantitative estimate of drug-likeness (QED) is 0.242. The molecular formula is C36H32BNO2. The zero-order valence-electron chi connectivity index (χ0n) is 23.3. The molecule has 196 valence electrons. The molecule has 40 heavy (non-hydrogen) atoms. The maximum atomic E-state index is 10.4. The molecule has 0 unspecified atom stereocenters. The van der Waals surface area contributed by atoms with Gasteiger partial charge in [-0.25, -0.2) is 0 Å². The lowest BCUT2D eigenvalue weighted by atomic mass is 9.78. The second-order valence-electron chi connectivity index (χ2n) is 12.1. The number of anilines is 3. The van der Waals surface area contributed by atoms with Crippen LogP contribution in [0.1, 0.15) is 49.9 Å². The molecule has 0 aliphatic heterocycles. The van der Waals surface area contributed by atoms with Crippen molar-refractivity contribution in [1.29, 1.82) is 0 Å². The van der Waals surface area contributed by atoms with E-state index in [1.807, 2.05) is 18.2 Å². The van der Waals surface area contributed by atoms with Crippen LogP contribution in [0.3, 0.4) is 0 Å². The summed E-state index contributed by atoms with van der Waals surface area (Å²) >= 11 is 0. The van der Waals surface area contributed by atoms with E-state index in [0.717, 1.165) is 17.1 Å². The third-order valence-corrected chi connectivity index (χ3v) is 9.11. The fraction of sp³-hybridized carbons (Fsp3) is 0.167. The molecule has 4 heteroatoms. The van der Waals surface area contributed by atoms with Gasteiger partial charge in [-0.3, -0.25) is 0 Å². The molecule has 3 nitrogen and oxygen atoms in total. The van der Waals surface area contributed by atoms with Crippen molar-refractivity contribution in [2.75, 3.05) is 4.90 Å². The van der Waals surface area contributed by atoms with E-state index in [4.69, 9.17) is 0 Å². The normalized spacial score (nSPS) is 15.2. The number of hydrogen-bond donors (Lipinski definition) is 2. The summed E-state index contributed by atoms with van der Waals surface area (Å²) in [5, 5.41) is 20.8. The van der Waals surface area contributed by atoms with Gasteiger partial charge in [0.1, 0.15) is 0 Å². The Kier molecular flexibility index (Phi) is 5.41. The summed E-state index contributed by atoms with van der Waals surface area (Å²) in [4.78, 5) is 2.16. The van der Waals surface area contributed by atoms with Crippen LogP contribution in [0.5, 0.6) is 0 Å². The zero-order valence-corrected chi connectivity index (χ0v) is 23.3. The van der Waals surface area contributed by atoms with Gasteiger partial charge < -0.3 is 14.9 Å². The summed E-state index contributed by atoms with van der Waals surface area (Å²) in [6, 6.07) is 38.2. The molecule has 0 saturated heterocycles. The van der Waals surface area contributed by atoms with E-state index >= 15 is 0 Å². The largest absolute Gasteiger partial charge is 0.490 e. The van der Waals surface area contributed by atoms with Crippen LogP contribution in [-0.2, 0) is 10.8 Å². The number of benzene rings is 5. The molecule has 0 aromatic heterocycles. The minimum Gasteiger partial charge on any atom is -0.423 e. The average molecular weight is 521 g/mol. The Morgan fingerprint density at radius 3 is 1.43 bits per heavy atom. The Morgan fingerprint density at radius 2 is 0.925 bits per heavy atom. The lowest BCUT2D eigenvalue weighted by Gasteiger charge is -2.30. The van der Waals surface area contributed by atoms with Crippen molar-refractivity contribution in [3.8, 4) is 22.3 Å². The topological polar surface area (TPSA) is 43.7 Å². The van der Waals surface area contributed by atoms with Gasteiger partial charge >= 0.3 is 7.12 Å². The molecule has 7 rings (SSSR count). The van der Waals surface area contributed by atoms with E-state index in [1.165, 1.54) is 44.5 Å². The number of rotatable bonds is 4. The van der Waals surface area contributed by atoms with Crippen LogP contribution in [0.15, 0.2) is 109 Å². The molecule has 0 fully saturated rings. The Morgan fingerprint density at radius 1 is 0.500 bits per heavy atom. The minimum atomic E-state index is -1.60. The van der Waals surface area contributed by atoms with Crippen molar-refractivity contribution in [3.63, 3.8) is 0 Å². The highest BCUT2D eigenvalue weighted by Gasteiger charge is 2.37. The fourth-order valence-corrected chi connectivity index (χ4v) is 7.03. The molecule has 0 amide bonds. The maximum Gasteiger partial charge on any atom is 0.490 e. The van der Waals surface area contributed by atoms with E-state index in [1.54, 1.807) is 6.07 Å². The lowest BCUT2D eigenvalue weighted by molar-refractivity contribution is 0.426. The molecule has 0 saturated carbocycles. The Balaban J connectivity index is 1.47. The molecule has 5 aromatic rings. The van der Waals surface area contributed by atoms with Crippen molar-refractivity contribution in [1.82, 2.24) is 0 Å². The summed E-state index contributed by atoms with van der Waals surface area (Å²) in [5.74, 6) is 0. The molecule has 0 spiro atoms.